The molecule has 0 fully saturated rings. The zero-order chi connectivity index (χ0) is 15.5. The molecule has 0 aliphatic carbocycles. The van der Waals surface area contributed by atoms with Crippen molar-refractivity contribution in [3.63, 3.8) is 0 Å². The van der Waals surface area contributed by atoms with E-state index >= 15 is 0 Å². The molecule has 0 heterocycles. The standard InChI is InChI=1S/2C8H10.CH2O3/c2*1-7-4-3-5-8(2)6-7;2-1(3)4/h2*3-6H,1-2H3;(H2,2,3,4)/p-2. The maximum Gasteiger partial charge on any atom is -0.0398 e. The first-order valence-electron chi connectivity index (χ1n) is 6.26. The largest absolute Gasteiger partial charge is 0.652 e. The second-order valence-electron chi connectivity index (χ2n) is 4.57. The quantitative estimate of drug-likeness (QED) is 0.738. The van der Waals surface area contributed by atoms with Crippen LogP contribution < -0.4 is 10.2 Å². The van der Waals surface area contributed by atoms with Crippen molar-refractivity contribution in [3.05, 3.63) is 70.8 Å². The van der Waals surface area contributed by atoms with E-state index in [0.717, 1.165) is 0 Å². The van der Waals surface area contributed by atoms with E-state index in [1.54, 1.807) is 0 Å². The summed E-state index contributed by atoms with van der Waals surface area (Å²) >= 11 is 0. The van der Waals surface area contributed by atoms with E-state index in [-0.39, 0.29) is 0 Å². The third-order valence-corrected chi connectivity index (χ3v) is 2.35. The van der Waals surface area contributed by atoms with Gasteiger partial charge in [-0.05, 0) is 33.9 Å². The lowest BCUT2D eigenvalue weighted by Gasteiger charge is -1.96. The van der Waals surface area contributed by atoms with Gasteiger partial charge in [-0.2, -0.15) is 0 Å². The second-order valence-corrected chi connectivity index (χ2v) is 4.57. The monoisotopic (exact) mass is 272 g/mol. The summed E-state index contributed by atoms with van der Waals surface area (Å²) in [6.45, 7) is 8.42. The van der Waals surface area contributed by atoms with E-state index in [9.17, 15) is 0 Å². The summed E-state index contributed by atoms with van der Waals surface area (Å²) in [5.41, 5.74) is 5.35. The average molecular weight is 272 g/mol. The summed E-state index contributed by atoms with van der Waals surface area (Å²) in [5, 5.41) is 16.7. The van der Waals surface area contributed by atoms with Crippen LogP contribution in [0.25, 0.3) is 0 Å². The van der Waals surface area contributed by atoms with Crippen molar-refractivity contribution < 1.29 is 15.0 Å². The minimum absolute atomic E-state index is 1.34. The number of rotatable bonds is 0. The SMILES string of the molecule is Cc1cccc(C)c1.Cc1cccc(C)c1.O=C([O-])[O-]. The molecule has 2 aromatic carbocycles. The Bertz CT molecular complexity index is 451. The van der Waals surface area contributed by atoms with Gasteiger partial charge in [0.2, 0.25) is 0 Å². The molecule has 0 saturated carbocycles. The zero-order valence-corrected chi connectivity index (χ0v) is 12.3. The number of carbonyl (C=O) groups excluding carboxylic acids is 1. The predicted molar refractivity (Wildman–Crippen MR) is 77.2 cm³/mol. The Morgan fingerprint density at radius 1 is 0.700 bits per heavy atom. The number of aryl methyl sites for hydroxylation is 4. The molecule has 0 aliphatic heterocycles. The summed E-state index contributed by atoms with van der Waals surface area (Å²) in [6, 6.07) is 16.9. The van der Waals surface area contributed by atoms with Crippen LogP contribution in [0.3, 0.4) is 0 Å². The van der Waals surface area contributed by atoms with Crippen LogP contribution in [-0.2, 0) is 0 Å². The maximum absolute atomic E-state index is 8.33. The Morgan fingerprint density at radius 2 is 0.900 bits per heavy atom. The highest BCUT2D eigenvalue weighted by Crippen LogP contribution is 2.00. The Balaban J connectivity index is 0.000000289. The molecule has 2 rings (SSSR count). The summed E-state index contributed by atoms with van der Waals surface area (Å²) in [7, 11) is 0. The first-order chi connectivity index (χ1) is 9.31. The van der Waals surface area contributed by atoms with Gasteiger partial charge in [-0.3, -0.25) is 0 Å². The van der Waals surface area contributed by atoms with Gasteiger partial charge in [-0.1, -0.05) is 70.8 Å². The average Bonchev–Trinajstić information content (AvgIpc) is 2.28. The number of benzene rings is 2. The van der Waals surface area contributed by atoms with Crippen molar-refractivity contribution in [2.75, 3.05) is 0 Å². The minimum atomic E-state index is -2.33. The van der Waals surface area contributed by atoms with Crippen molar-refractivity contribution in [1.29, 1.82) is 0 Å². The highest BCUT2D eigenvalue weighted by Gasteiger charge is 1.81. The van der Waals surface area contributed by atoms with Crippen molar-refractivity contribution in [2.45, 2.75) is 27.7 Å². The smallest absolute Gasteiger partial charge is 0.0398 e. The molecule has 0 saturated heterocycles. The lowest BCUT2D eigenvalue weighted by Crippen LogP contribution is -2.37. The summed E-state index contributed by atoms with van der Waals surface area (Å²) in [5.74, 6) is 0. The van der Waals surface area contributed by atoms with Crippen LogP contribution in [0, 0.1) is 27.7 Å². The molecular formula is C17H20O3-2. The second kappa shape index (κ2) is 9.62. The Morgan fingerprint density at radius 3 is 1.00 bits per heavy atom. The molecule has 0 aromatic heterocycles. The van der Waals surface area contributed by atoms with Crippen LogP contribution in [0.15, 0.2) is 48.5 Å². The number of carboxylic acid groups (broad SMARTS) is 2. The van der Waals surface area contributed by atoms with Crippen molar-refractivity contribution in [1.82, 2.24) is 0 Å². The third-order valence-electron chi connectivity index (χ3n) is 2.35. The third kappa shape index (κ3) is 10.8. The van der Waals surface area contributed by atoms with E-state index < -0.39 is 6.16 Å². The van der Waals surface area contributed by atoms with Gasteiger partial charge in [0.15, 0.2) is 0 Å². The van der Waals surface area contributed by atoms with Gasteiger partial charge in [0.05, 0.1) is 0 Å². The maximum atomic E-state index is 8.33. The fourth-order valence-corrected chi connectivity index (χ4v) is 1.61. The van der Waals surface area contributed by atoms with Crippen LogP contribution in [0.2, 0.25) is 0 Å². The van der Waals surface area contributed by atoms with E-state index in [1.165, 1.54) is 22.3 Å². The Labute approximate surface area is 120 Å². The molecule has 3 heteroatoms. The fourth-order valence-electron chi connectivity index (χ4n) is 1.61. The fraction of sp³-hybridized carbons (Fsp3) is 0.235. The highest BCUT2D eigenvalue weighted by atomic mass is 16.6. The number of hydrogen-bond donors (Lipinski definition) is 0. The van der Waals surface area contributed by atoms with Crippen LogP contribution in [0.1, 0.15) is 22.3 Å². The van der Waals surface area contributed by atoms with Gasteiger partial charge in [-0.15, -0.1) is 0 Å². The summed E-state index contributed by atoms with van der Waals surface area (Å²) < 4.78 is 0. The molecular weight excluding hydrogens is 252 g/mol. The molecule has 0 N–H and O–H groups in total. The first kappa shape index (κ1) is 17.7. The van der Waals surface area contributed by atoms with Crippen LogP contribution in [-0.4, -0.2) is 6.16 Å². The Kier molecular flexibility index (Phi) is 8.51. The van der Waals surface area contributed by atoms with Gasteiger partial charge >= 0.3 is 0 Å². The summed E-state index contributed by atoms with van der Waals surface area (Å²) in [4.78, 5) is 8.33. The summed E-state index contributed by atoms with van der Waals surface area (Å²) in [6.07, 6.45) is -2.33. The van der Waals surface area contributed by atoms with Gasteiger partial charge in [0, 0.05) is 0 Å². The number of hydrogen-bond acceptors (Lipinski definition) is 3. The van der Waals surface area contributed by atoms with Crippen LogP contribution in [0.5, 0.6) is 0 Å². The van der Waals surface area contributed by atoms with E-state index in [1.807, 2.05) is 0 Å². The minimum Gasteiger partial charge on any atom is -0.652 e. The topological polar surface area (TPSA) is 63.2 Å². The van der Waals surface area contributed by atoms with Gasteiger partial charge < -0.3 is 15.0 Å². The van der Waals surface area contributed by atoms with Gasteiger partial charge in [0.1, 0.15) is 0 Å². The van der Waals surface area contributed by atoms with Gasteiger partial charge in [-0.25, -0.2) is 0 Å². The van der Waals surface area contributed by atoms with E-state index in [0.29, 0.717) is 0 Å². The first-order valence-corrected chi connectivity index (χ1v) is 6.26. The van der Waals surface area contributed by atoms with E-state index in [2.05, 4.69) is 76.2 Å². The molecule has 2 aromatic rings. The lowest BCUT2D eigenvalue weighted by atomic mass is 10.2. The van der Waals surface area contributed by atoms with Crippen LogP contribution in [0.4, 0.5) is 4.79 Å². The lowest BCUT2D eigenvalue weighted by molar-refractivity contribution is -0.415. The highest BCUT2D eigenvalue weighted by molar-refractivity contribution is 5.47. The molecule has 108 valence electrons. The van der Waals surface area contributed by atoms with Crippen LogP contribution >= 0.6 is 0 Å². The molecule has 3 nitrogen and oxygen atoms in total. The molecule has 0 spiro atoms. The predicted octanol–water partition coefficient (Wildman–Crippen LogP) is 2.16. The van der Waals surface area contributed by atoms with E-state index in [4.69, 9.17) is 15.0 Å². The van der Waals surface area contributed by atoms with Crippen molar-refractivity contribution in [3.8, 4) is 0 Å². The molecule has 20 heavy (non-hydrogen) atoms. The number of carbonyl (C=O) groups is 1. The van der Waals surface area contributed by atoms with Crippen molar-refractivity contribution >= 4 is 6.16 Å². The molecule has 0 unspecified atom stereocenters. The molecule has 0 amide bonds. The molecule has 0 atom stereocenters. The Hall–Kier alpha value is -2.29. The molecule has 0 aliphatic rings. The van der Waals surface area contributed by atoms with Gasteiger partial charge in [0.25, 0.3) is 0 Å². The molecule has 0 bridgehead atoms. The zero-order valence-electron chi connectivity index (χ0n) is 12.3. The normalized spacial score (nSPS) is 8.60. The molecule has 0 radical (unpaired) electrons. The van der Waals surface area contributed by atoms with Crippen molar-refractivity contribution in [2.24, 2.45) is 0 Å².